The molecular formula is C27H30N2O5. The molecule has 0 N–H and O–H groups in total. The number of hydrogen-bond acceptors (Lipinski definition) is 6. The Bertz CT molecular complexity index is 1180. The van der Waals surface area contributed by atoms with Crippen molar-refractivity contribution in [1.82, 2.24) is 10.1 Å². The molecule has 0 saturated carbocycles. The normalized spacial score (nSPS) is 17.7. The molecule has 5 rings (SSSR count). The number of nitrogens with zero attached hydrogens (tertiary/aromatic N) is 2. The number of carbonyl (C=O) groups excluding carboxylic acids is 1. The van der Waals surface area contributed by atoms with Crippen molar-refractivity contribution in [2.24, 2.45) is 0 Å². The van der Waals surface area contributed by atoms with Crippen LogP contribution in [0.5, 0.6) is 11.5 Å². The topological polar surface area (TPSA) is 74.0 Å². The second kappa shape index (κ2) is 9.50. The van der Waals surface area contributed by atoms with Crippen molar-refractivity contribution in [2.75, 3.05) is 26.4 Å². The van der Waals surface area contributed by atoms with Gasteiger partial charge in [0.15, 0.2) is 11.5 Å². The Balaban J connectivity index is 1.49. The third-order valence-electron chi connectivity index (χ3n) is 6.60. The van der Waals surface area contributed by atoms with Gasteiger partial charge in [-0.3, -0.25) is 4.79 Å². The van der Waals surface area contributed by atoms with Gasteiger partial charge in [0.1, 0.15) is 18.5 Å². The van der Waals surface area contributed by atoms with Gasteiger partial charge >= 0.3 is 0 Å². The molecule has 3 aromatic rings. The summed E-state index contributed by atoms with van der Waals surface area (Å²) in [5.74, 6) is 2.15. The van der Waals surface area contributed by atoms with Crippen LogP contribution < -0.4 is 9.47 Å². The summed E-state index contributed by atoms with van der Waals surface area (Å²) >= 11 is 0. The van der Waals surface area contributed by atoms with Crippen molar-refractivity contribution < 1.29 is 23.5 Å². The maximum absolute atomic E-state index is 13.3. The first-order valence-electron chi connectivity index (χ1n) is 11.8. The Morgan fingerprint density at radius 1 is 1.18 bits per heavy atom. The van der Waals surface area contributed by atoms with Gasteiger partial charge in [-0.05, 0) is 49.6 Å². The maximum Gasteiger partial charge on any atom is 0.227 e. The molecule has 0 bridgehead atoms. The van der Waals surface area contributed by atoms with Crippen molar-refractivity contribution in [3.63, 3.8) is 0 Å². The van der Waals surface area contributed by atoms with Crippen LogP contribution in [-0.2, 0) is 22.5 Å². The molecule has 2 aromatic carbocycles. The summed E-state index contributed by atoms with van der Waals surface area (Å²) in [5.41, 5.74) is 5.92. The number of hydrogen-bond donors (Lipinski definition) is 0. The van der Waals surface area contributed by atoms with Crippen LogP contribution in [0.4, 0.5) is 0 Å². The first-order chi connectivity index (χ1) is 16.5. The van der Waals surface area contributed by atoms with Gasteiger partial charge in [0.2, 0.25) is 5.91 Å². The first-order valence-corrected chi connectivity index (χ1v) is 11.8. The number of aromatic nitrogens is 1. The molecule has 0 aliphatic carbocycles. The highest BCUT2D eigenvalue weighted by atomic mass is 16.6. The second-order valence-corrected chi connectivity index (χ2v) is 9.02. The van der Waals surface area contributed by atoms with E-state index in [0.717, 1.165) is 40.1 Å². The predicted molar refractivity (Wildman–Crippen MR) is 127 cm³/mol. The van der Waals surface area contributed by atoms with Gasteiger partial charge in [-0.1, -0.05) is 29.4 Å². The van der Waals surface area contributed by atoms with Gasteiger partial charge in [0, 0.05) is 24.1 Å². The molecule has 1 atom stereocenters. The quantitative estimate of drug-likeness (QED) is 0.560. The molecule has 2 aliphatic heterocycles. The number of carbonyl (C=O) groups is 1. The number of amides is 1. The largest absolute Gasteiger partial charge is 0.487 e. The minimum Gasteiger partial charge on any atom is -0.487 e. The van der Waals surface area contributed by atoms with Crippen LogP contribution in [0.1, 0.15) is 34.6 Å². The average Bonchev–Trinajstić information content (AvgIpc) is 3.38. The molecule has 1 saturated heterocycles. The summed E-state index contributed by atoms with van der Waals surface area (Å²) in [6.45, 7) is 8.45. The summed E-state index contributed by atoms with van der Waals surface area (Å²) in [6, 6.07) is 12.5. The van der Waals surface area contributed by atoms with Crippen molar-refractivity contribution in [3.8, 4) is 22.6 Å². The fraction of sp³-hybridized carbons (Fsp3) is 0.407. The van der Waals surface area contributed by atoms with E-state index < -0.39 is 0 Å². The molecule has 7 heteroatoms. The average molecular weight is 463 g/mol. The molecular weight excluding hydrogens is 432 g/mol. The Morgan fingerprint density at radius 2 is 2.03 bits per heavy atom. The zero-order chi connectivity index (χ0) is 23.7. The fourth-order valence-corrected chi connectivity index (χ4v) is 4.64. The SMILES string of the molecule is Cc1ccccc1-c1cc2c(c(OC3CCOC3)c1)OCCN(C(=O)Cc1c(C)noc1C)C2. The van der Waals surface area contributed by atoms with Crippen LogP contribution in [0.15, 0.2) is 40.9 Å². The van der Waals surface area contributed by atoms with Crippen LogP contribution in [-0.4, -0.2) is 48.4 Å². The lowest BCUT2D eigenvalue weighted by Crippen LogP contribution is -2.33. The van der Waals surface area contributed by atoms with Crippen molar-refractivity contribution >= 4 is 5.91 Å². The molecule has 2 aliphatic rings. The second-order valence-electron chi connectivity index (χ2n) is 9.02. The molecule has 178 valence electrons. The molecule has 1 fully saturated rings. The number of rotatable bonds is 5. The fourth-order valence-electron chi connectivity index (χ4n) is 4.64. The van der Waals surface area contributed by atoms with E-state index in [2.05, 4.69) is 36.3 Å². The van der Waals surface area contributed by atoms with Gasteiger partial charge in [-0.2, -0.15) is 0 Å². The Hall–Kier alpha value is -3.32. The zero-order valence-corrected chi connectivity index (χ0v) is 19.9. The molecule has 1 aromatic heterocycles. The van der Waals surface area contributed by atoms with Crippen LogP contribution in [0, 0.1) is 20.8 Å². The number of aryl methyl sites for hydroxylation is 3. The van der Waals surface area contributed by atoms with Gasteiger partial charge in [0.25, 0.3) is 0 Å². The Morgan fingerprint density at radius 3 is 2.76 bits per heavy atom. The highest BCUT2D eigenvalue weighted by molar-refractivity contribution is 5.80. The summed E-state index contributed by atoms with van der Waals surface area (Å²) in [7, 11) is 0. The molecule has 34 heavy (non-hydrogen) atoms. The van der Waals surface area contributed by atoms with Crippen molar-refractivity contribution in [3.05, 3.63) is 64.5 Å². The van der Waals surface area contributed by atoms with Crippen LogP contribution in [0.25, 0.3) is 11.1 Å². The van der Waals surface area contributed by atoms with Crippen LogP contribution in [0.3, 0.4) is 0 Å². The third-order valence-corrected chi connectivity index (χ3v) is 6.60. The van der Waals surface area contributed by atoms with E-state index in [1.54, 1.807) is 0 Å². The smallest absolute Gasteiger partial charge is 0.227 e. The molecule has 7 nitrogen and oxygen atoms in total. The van der Waals surface area contributed by atoms with Gasteiger partial charge in [-0.15, -0.1) is 0 Å². The number of benzene rings is 2. The third kappa shape index (κ3) is 4.53. The van der Waals surface area contributed by atoms with E-state index >= 15 is 0 Å². The molecule has 0 spiro atoms. The maximum atomic E-state index is 13.3. The van der Waals surface area contributed by atoms with Gasteiger partial charge in [-0.25, -0.2) is 0 Å². The summed E-state index contributed by atoms with van der Waals surface area (Å²) < 4.78 is 23.3. The summed E-state index contributed by atoms with van der Waals surface area (Å²) in [4.78, 5) is 15.1. The summed E-state index contributed by atoms with van der Waals surface area (Å²) in [6.07, 6.45) is 1.11. The van der Waals surface area contributed by atoms with E-state index in [1.165, 1.54) is 5.56 Å². The van der Waals surface area contributed by atoms with Gasteiger partial charge in [0.05, 0.1) is 31.9 Å². The highest BCUT2D eigenvalue weighted by Gasteiger charge is 2.27. The van der Waals surface area contributed by atoms with E-state index in [0.29, 0.717) is 44.4 Å². The monoisotopic (exact) mass is 462 g/mol. The molecule has 0 radical (unpaired) electrons. The Labute approximate surface area is 199 Å². The van der Waals surface area contributed by atoms with Crippen LogP contribution >= 0.6 is 0 Å². The summed E-state index contributed by atoms with van der Waals surface area (Å²) in [5, 5.41) is 3.99. The van der Waals surface area contributed by atoms with Crippen LogP contribution in [0.2, 0.25) is 0 Å². The predicted octanol–water partition coefficient (Wildman–Crippen LogP) is 4.40. The lowest BCUT2D eigenvalue weighted by atomic mass is 9.97. The molecule has 1 unspecified atom stereocenters. The number of ether oxygens (including phenoxy) is 3. The van der Waals surface area contributed by atoms with Crippen molar-refractivity contribution in [1.29, 1.82) is 0 Å². The minimum atomic E-state index is 0.000324. The van der Waals surface area contributed by atoms with E-state index in [-0.39, 0.29) is 18.4 Å². The van der Waals surface area contributed by atoms with Gasteiger partial charge < -0.3 is 23.6 Å². The Kier molecular flexibility index (Phi) is 6.28. The lowest BCUT2D eigenvalue weighted by Gasteiger charge is -2.21. The first kappa shape index (κ1) is 22.5. The van der Waals surface area contributed by atoms with Crippen molar-refractivity contribution in [2.45, 2.75) is 46.3 Å². The minimum absolute atomic E-state index is 0.000324. The number of fused-ring (bicyclic) bond motifs is 1. The van der Waals surface area contributed by atoms with E-state index in [9.17, 15) is 4.79 Å². The molecule has 1 amide bonds. The highest BCUT2D eigenvalue weighted by Crippen LogP contribution is 2.40. The van der Waals surface area contributed by atoms with E-state index in [4.69, 9.17) is 18.7 Å². The molecule has 3 heterocycles. The zero-order valence-electron chi connectivity index (χ0n) is 19.9. The van der Waals surface area contributed by atoms with E-state index in [1.807, 2.05) is 30.9 Å². The standard InChI is InChI=1S/C27H30N2O5/c1-17-6-4-5-7-23(17)20-12-21-15-29(26(30)14-24-18(2)28-34-19(24)3)9-11-32-27(21)25(13-20)33-22-8-10-31-16-22/h4-7,12-13,22H,8-11,14-16H2,1-3H3. The lowest BCUT2D eigenvalue weighted by molar-refractivity contribution is -0.131.